The van der Waals surface area contributed by atoms with E-state index >= 15 is 0 Å². The normalized spacial score (nSPS) is 12.1. The summed E-state index contributed by atoms with van der Waals surface area (Å²) in [7, 11) is 0. The lowest BCUT2D eigenvalue weighted by molar-refractivity contribution is -0.151. The van der Waals surface area contributed by atoms with Crippen molar-refractivity contribution in [2.75, 3.05) is 13.2 Å². The number of hydrogen-bond acceptors (Lipinski definition) is 4. The number of nitrogens with two attached hydrogens (primary N) is 1. The van der Waals surface area contributed by atoms with Crippen molar-refractivity contribution in [3.8, 4) is 5.75 Å². The zero-order chi connectivity index (χ0) is 15.1. The number of carbonyl (C=O) groups is 1. The largest absolute Gasteiger partial charge is 0.477 e. The Balaban J connectivity index is 3.02. The second kappa shape index (κ2) is 8.35. The summed E-state index contributed by atoms with van der Waals surface area (Å²) in [5.41, 5.74) is 6.35. The van der Waals surface area contributed by atoms with E-state index in [2.05, 4.69) is 0 Å². The predicted molar refractivity (Wildman–Crippen MR) is 80.6 cm³/mol. The highest BCUT2D eigenvalue weighted by Gasteiger charge is 2.22. The molecule has 0 spiro atoms. The molecule has 4 nitrogen and oxygen atoms in total. The van der Waals surface area contributed by atoms with Gasteiger partial charge in [0.1, 0.15) is 5.75 Å². The lowest BCUT2D eigenvalue weighted by atomic mass is 10.1. The maximum absolute atomic E-state index is 11.8. The molecule has 20 heavy (non-hydrogen) atoms. The van der Waals surface area contributed by atoms with Crippen molar-refractivity contribution in [2.45, 2.75) is 32.8 Å². The smallest absolute Gasteiger partial charge is 0.347 e. The first kappa shape index (κ1) is 17.1. The quantitative estimate of drug-likeness (QED) is 0.784. The predicted octanol–water partition coefficient (Wildman–Crippen LogP) is 3.22. The molecule has 0 fully saturated rings. The van der Waals surface area contributed by atoms with E-state index in [9.17, 15) is 4.79 Å². The Hall–Kier alpha value is -0.970. The minimum Gasteiger partial charge on any atom is -0.477 e. The maximum atomic E-state index is 11.8. The van der Waals surface area contributed by atoms with Gasteiger partial charge in [-0.1, -0.05) is 30.1 Å². The van der Waals surface area contributed by atoms with Crippen molar-refractivity contribution in [1.29, 1.82) is 0 Å². The number of carbonyl (C=O) groups excluding carboxylic acids is 1. The van der Waals surface area contributed by atoms with Crippen molar-refractivity contribution in [1.82, 2.24) is 0 Å². The van der Waals surface area contributed by atoms with E-state index in [4.69, 9.17) is 38.4 Å². The van der Waals surface area contributed by atoms with Crippen LogP contribution >= 0.6 is 23.2 Å². The second-order valence-electron chi connectivity index (χ2n) is 4.18. The number of esters is 1. The van der Waals surface area contributed by atoms with E-state index in [0.717, 1.165) is 5.56 Å². The van der Waals surface area contributed by atoms with Gasteiger partial charge in [0.15, 0.2) is 6.10 Å². The summed E-state index contributed by atoms with van der Waals surface area (Å²) in [4.78, 5) is 11.8. The second-order valence-corrected chi connectivity index (χ2v) is 5.02. The molecule has 1 aromatic rings. The van der Waals surface area contributed by atoms with Gasteiger partial charge in [0, 0.05) is 5.02 Å². The van der Waals surface area contributed by atoms with Crippen LogP contribution in [0.3, 0.4) is 0 Å². The van der Waals surface area contributed by atoms with Gasteiger partial charge in [-0.25, -0.2) is 4.79 Å². The van der Waals surface area contributed by atoms with Gasteiger partial charge in [0.25, 0.3) is 0 Å². The molecule has 0 radical (unpaired) electrons. The average molecular weight is 320 g/mol. The number of halogens is 2. The summed E-state index contributed by atoms with van der Waals surface area (Å²) in [5, 5.41) is 0.874. The van der Waals surface area contributed by atoms with Crippen LogP contribution in [0.5, 0.6) is 5.75 Å². The number of benzene rings is 1. The molecule has 0 bridgehead atoms. The minimum absolute atomic E-state index is 0.308. The van der Waals surface area contributed by atoms with Crippen LogP contribution in [0.4, 0.5) is 0 Å². The van der Waals surface area contributed by atoms with E-state index in [1.807, 2.05) is 6.92 Å². The molecule has 0 saturated heterocycles. The molecule has 1 aromatic carbocycles. The van der Waals surface area contributed by atoms with Gasteiger partial charge in [0.2, 0.25) is 0 Å². The van der Waals surface area contributed by atoms with Crippen molar-refractivity contribution in [3.05, 3.63) is 27.7 Å². The molecule has 2 N–H and O–H groups in total. The highest BCUT2D eigenvalue weighted by atomic mass is 35.5. The van der Waals surface area contributed by atoms with Crippen LogP contribution < -0.4 is 10.5 Å². The fraction of sp³-hybridized carbons (Fsp3) is 0.500. The highest BCUT2D eigenvalue weighted by Crippen LogP contribution is 2.33. The topological polar surface area (TPSA) is 61.5 Å². The first-order valence-corrected chi connectivity index (χ1v) is 7.30. The van der Waals surface area contributed by atoms with E-state index in [0.29, 0.717) is 41.8 Å². The number of rotatable bonds is 7. The Kier molecular flexibility index (Phi) is 7.13. The molecule has 0 aliphatic carbocycles. The molecular weight excluding hydrogens is 301 g/mol. The van der Waals surface area contributed by atoms with Crippen LogP contribution in [0, 0.1) is 0 Å². The Morgan fingerprint density at radius 1 is 1.35 bits per heavy atom. The molecule has 0 aliphatic rings. The molecule has 1 rings (SSSR count). The van der Waals surface area contributed by atoms with Gasteiger partial charge in [0.05, 0.1) is 11.6 Å². The van der Waals surface area contributed by atoms with Gasteiger partial charge in [-0.05, 0) is 44.0 Å². The molecule has 1 unspecified atom stereocenters. The molecule has 6 heteroatoms. The van der Waals surface area contributed by atoms with Crippen molar-refractivity contribution in [2.24, 2.45) is 5.73 Å². The van der Waals surface area contributed by atoms with E-state index in [1.165, 1.54) is 0 Å². The first-order chi connectivity index (χ1) is 9.53. The standard InChI is InChI=1S/C14H19Cl2NO3/c1-3-12(14(18)19-4-2)20-13-9(5-6-17)7-10(15)8-11(13)16/h7-8,12H,3-6,17H2,1-2H3. The zero-order valence-electron chi connectivity index (χ0n) is 11.6. The lowest BCUT2D eigenvalue weighted by Crippen LogP contribution is -2.29. The van der Waals surface area contributed by atoms with Crippen LogP contribution in [-0.2, 0) is 16.0 Å². The fourth-order valence-electron chi connectivity index (χ4n) is 1.76. The average Bonchev–Trinajstić information content (AvgIpc) is 2.38. The highest BCUT2D eigenvalue weighted by molar-refractivity contribution is 6.35. The van der Waals surface area contributed by atoms with Crippen LogP contribution in [0.1, 0.15) is 25.8 Å². The lowest BCUT2D eigenvalue weighted by Gasteiger charge is -2.19. The number of hydrogen-bond donors (Lipinski definition) is 1. The van der Waals surface area contributed by atoms with E-state index in [-0.39, 0.29) is 0 Å². The summed E-state index contributed by atoms with van der Waals surface area (Å²) in [5.74, 6) is 0.0427. The molecule has 0 aromatic heterocycles. The Bertz CT molecular complexity index is 466. The molecule has 1 atom stereocenters. The summed E-state index contributed by atoms with van der Waals surface area (Å²) in [6, 6.07) is 3.32. The van der Waals surface area contributed by atoms with Crippen LogP contribution in [0.15, 0.2) is 12.1 Å². The molecule has 0 aliphatic heterocycles. The van der Waals surface area contributed by atoms with Crippen LogP contribution in [0.25, 0.3) is 0 Å². The molecule has 112 valence electrons. The summed E-state index contributed by atoms with van der Waals surface area (Å²) in [6.07, 6.45) is 0.361. The third-order valence-electron chi connectivity index (χ3n) is 2.68. The number of ether oxygens (including phenoxy) is 2. The van der Waals surface area contributed by atoms with Crippen molar-refractivity contribution in [3.63, 3.8) is 0 Å². The van der Waals surface area contributed by atoms with Crippen LogP contribution in [0.2, 0.25) is 10.0 Å². The van der Waals surface area contributed by atoms with Crippen molar-refractivity contribution < 1.29 is 14.3 Å². The SMILES string of the molecule is CCOC(=O)C(CC)Oc1c(Cl)cc(Cl)cc1CCN. The van der Waals surface area contributed by atoms with Crippen LogP contribution in [-0.4, -0.2) is 25.2 Å². The van der Waals surface area contributed by atoms with E-state index in [1.54, 1.807) is 19.1 Å². The van der Waals surface area contributed by atoms with Crippen molar-refractivity contribution >= 4 is 29.2 Å². The zero-order valence-corrected chi connectivity index (χ0v) is 13.1. The Morgan fingerprint density at radius 2 is 2.05 bits per heavy atom. The van der Waals surface area contributed by atoms with Gasteiger partial charge >= 0.3 is 5.97 Å². The summed E-state index contributed by atoms with van der Waals surface area (Å²) >= 11 is 12.1. The van der Waals surface area contributed by atoms with E-state index < -0.39 is 12.1 Å². The molecule has 0 heterocycles. The summed E-state index contributed by atoms with van der Waals surface area (Å²) in [6.45, 7) is 4.33. The molecular formula is C14H19Cl2NO3. The fourth-order valence-corrected chi connectivity index (χ4v) is 2.34. The van der Waals surface area contributed by atoms with Gasteiger partial charge in [-0.2, -0.15) is 0 Å². The Morgan fingerprint density at radius 3 is 2.60 bits per heavy atom. The third kappa shape index (κ3) is 4.54. The Labute approximate surface area is 129 Å². The molecule has 0 amide bonds. The van der Waals surface area contributed by atoms with Gasteiger partial charge < -0.3 is 15.2 Å². The minimum atomic E-state index is -0.690. The van der Waals surface area contributed by atoms with Gasteiger partial charge in [-0.15, -0.1) is 0 Å². The monoisotopic (exact) mass is 319 g/mol. The first-order valence-electron chi connectivity index (χ1n) is 6.54. The summed E-state index contributed by atoms with van der Waals surface area (Å²) < 4.78 is 10.7. The maximum Gasteiger partial charge on any atom is 0.347 e. The molecule has 0 saturated carbocycles. The van der Waals surface area contributed by atoms with Gasteiger partial charge in [-0.3, -0.25) is 0 Å². The third-order valence-corrected chi connectivity index (χ3v) is 3.18.